The van der Waals surface area contributed by atoms with Crippen molar-refractivity contribution >= 4 is 5.78 Å². The molecule has 0 bridgehead atoms. The third kappa shape index (κ3) is 1.03. The van der Waals surface area contributed by atoms with E-state index in [9.17, 15) is 4.79 Å². The molecule has 0 N–H and O–H groups in total. The number of ketones is 1. The highest BCUT2D eigenvalue weighted by Crippen LogP contribution is 2.51. The van der Waals surface area contributed by atoms with Gasteiger partial charge in [-0.25, -0.2) is 0 Å². The van der Waals surface area contributed by atoms with Crippen LogP contribution in [-0.2, 0) is 4.79 Å². The zero-order valence-electron chi connectivity index (χ0n) is 8.05. The Morgan fingerprint density at radius 2 is 1.92 bits per heavy atom. The number of carbonyl (C=O) groups is 1. The van der Waals surface area contributed by atoms with Gasteiger partial charge < -0.3 is 0 Å². The lowest BCUT2D eigenvalue weighted by Crippen LogP contribution is -2.10. The first-order chi connectivity index (χ1) is 5.49. The van der Waals surface area contributed by atoms with Crippen molar-refractivity contribution in [2.24, 2.45) is 17.3 Å². The molecule has 1 saturated carbocycles. The smallest absolute Gasteiger partial charge is 0.159 e. The molecule has 0 radical (unpaired) electrons. The lowest BCUT2D eigenvalue weighted by molar-refractivity contribution is -0.118. The third-order valence-corrected chi connectivity index (χ3v) is 3.35. The number of carbonyl (C=O) groups excluding carboxylic acids is 1. The SMILES string of the molecule is CC1=CC(=O)[C@@H]2CC(C)(C)C[C@H]12. The first-order valence-electron chi connectivity index (χ1n) is 4.72. The van der Waals surface area contributed by atoms with Gasteiger partial charge in [-0.1, -0.05) is 19.4 Å². The van der Waals surface area contributed by atoms with Crippen molar-refractivity contribution in [2.45, 2.75) is 33.6 Å². The molecule has 0 unspecified atom stereocenters. The van der Waals surface area contributed by atoms with Gasteiger partial charge in [0.2, 0.25) is 0 Å². The molecule has 2 aliphatic carbocycles. The third-order valence-electron chi connectivity index (χ3n) is 3.35. The minimum absolute atomic E-state index is 0.333. The summed E-state index contributed by atoms with van der Waals surface area (Å²) in [6, 6.07) is 0. The van der Waals surface area contributed by atoms with Gasteiger partial charge in [-0.2, -0.15) is 0 Å². The summed E-state index contributed by atoms with van der Waals surface area (Å²) in [5.41, 5.74) is 1.70. The zero-order valence-corrected chi connectivity index (χ0v) is 8.05. The van der Waals surface area contributed by atoms with Crippen LogP contribution in [0.5, 0.6) is 0 Å². The second-order valence-electron chi connectivity index (χ2n) is 5.08. The maximum Gasteiger partial charge on any atom is 0.159 e. The van der Waals surface area contributed by atoms with E-state index >= 15 is 0 Å². The van der Waals surface area contributed by atoms with Crippen LogP contribution >= 0.6 is 0 Å². The molecule has 1 nitrogen and oxygen atoms in total. The van der Waals surface area contributed by atoms with E-state index in [4.69, 9.17) is 0 Å². The molecule has 1 fully saturated rings. The summed E-state index contributed by atoms with van der Waals surface area (Å²) in [5, 5.41) is 0. The molecule has 12 heavy (non-hydrogen) atoms. The lowest BCUT2D eigenvalue weighted by Gasteiger charge is -2.17. The molecule has 0 heterocycles. The van der Waals surface area contributed by atoms with E-state index in [-0.39, 0.29) is 0 Å². The van der Waals surface area contributed by atoms with Crippen molar-refractivity contribution in [3.63, 3.8) is 0 Å². The van der Waals surface area contributed by atoms with Gasteiger partial charge in [-0.05, 0) is 37.2 Å². The topological polar surface area (TPSA) is 17.1 Å². The van der Waals surface area contributed by atoms with Crippen molar-refractivity contribution in [3.05, 3.63) is 11.6 Å². The Labute approximate surface area is 73.8 Å². The zero-order chi connectivity index (χ0) is 8.93. The molecular weight excluding hydrogens is 148 g/mol. The van der Waals surface area contributed by atoms with Crippen molar-refractivity contribution in [3.8, 4) is 0 Å². The predicted molar refractivity (Wildman–Crippen MR) is 48.8 cm³/mol. The second kappa shape index (κ2) is 2.21. The summed E-state index contributed by atoms with van der Waals surface area (Å²) in [7, 11) is 0. The van der Waals surface area contributed by atoms with Gasteiger partial charge in [0.05, 0.1) is 0 Å². The lowest BCUT2D eigenvalue weighted by atomic mass is 9.88. The number of hydrogen-bond donors (Lipinski definition) is 0. The quantitative estimate of drug-likeness (QED) is 0.537. The van der Waals surface area contributed by atoms with Gasteiger partial charge in [-0.3, -0.25) is 4.79 Å². The highest BCUT2D eigenvalue weighted by Gasteiger charge is 2.45. The first-order valence-corrected chi connectivity index (χ1v) is 4.72. The Hall–Kier alpha value is -0.590. The molecule has 2 aliphatic rings. The highest BCUT2D eigenvalue weighted by atomic mass is 16.1. The fourth-order valence-electron chi connectivity index (χ4n) is 2.77. The fraction of sp³-hybridized carbons (Fsp3) is 0.727. The molecule has 0 aromatic heterocycles. The van der Waals surface area contributed by atoms with Crippen LogP contribution in [-0.4, -0.2) is 5.78 Å². The number of rotatable bonds is 0. The summed E-state index contributed by atoms with van der Waals surface area (Å²) < 4.78 is 0. The summed E-state index contributed by atoms with van der Waals surface area (Å²) in [6.07, 6.45) is 4.14. The van der Waals surface area contributed by atoms with E-state index in [2.05, 4.69) is 20.8 Å². The van der Waals surface area contributed by atoms with Gasteiger partial charge in [0.25, 0.3) is 0 Å². The van der Waals surface area contributed by atoms with E-state index in [1.54, 1.807) is 0 Å². The van der Waals surface area contributed by atoms with Gasteiger partial charge in [0.1, 0.15) is 0 Å². The molecule has 2 rings (SSSR count). The van der Waals surface area contributed by atoms with Crippen molar-refractivity contribution in [1.82, 2.24) is 0 Å². The number of hydrogen-bond acceptors (Lipinski definition) is 1. The van der Waals surface area contributed by atoms with Crippen LogP contribution in [0.3, 0.4) is 0 Å². The molecule has 0 amide bonds. The van der Waals surface area contributed by atoms with Crippen molar-refractivity contribution in [1.29, 1.82) is 0 Å². The standard InChI is InChI=1S/C11H16O/c1-7-4-10(12)9-6-11(2,3)5-8(7)9/h4,8-9H,5-6H2,1-3H3/t8-,9-/m1/s1. The first kappa shape index (κ1) is 8.03. The summed E-state index contributed by atoms with van der Waals surface area (Å²) in [4.78, 5) is 11.5. The molecule has 66 valence electrons. The van der Waals surface area contributed by atoms with Crippen LogP contribution < -0.4 is 0 Å². The van der Waals surface area contributed by atoms with Crippen LogP contribution in [0.25, 0.3) is 0 Å². The van der Waals surface area contributed by atoms with E-state index in [1.165, 1.54) is 12.0 Å². The Morgan fingerprint density at radius 1 is 1.33 bits per heavy atom. The fourth-order valence-corrected chi connectivity index (χ4v) is 2.77. The minimum Gasteiger partial charge on any atom is -0.295 e. The largest absolute Gasteiger partial charge is 0.295 e. The molecule has 0 saturated heterocycles. The van der Waals surface area contributed by atoms with Crippen LogP contribution in [0.1, 0.15) is 33.6 Å². The molecular formula is C11H16O. The Bertz CT molecular complexity index is 260. The van der Waals surface area contributed by atoms with Gasteiger partial charge in [0, 0.05) is 5.92 Å². The average Bonchev–Trinajstić information content (AvgIpc) is 2.34. The summed E-state index contributed by atoms with van der Waals surface area (Å²) in [5.74, 6) is 1.29. The van der Waals surface area contributed by atoms with Crippen LogP contribution in [0.2, 0.25) is 0 Å². The molecule has 2 atom stereocenters. The Balaban J connectivity index is 2.27. The molecule has 0 aromatic carbocycles. The van der Waals surface area contributed by atoms with Gasteiger partial charge >= 0.3 is 0 Å². The van der Waals surface area contributed by atoms with E-state index in [1.807, 2.05) is 6.08 Å². The van der Waals surface area contributed by atoms with Crippen molar-refractivity contribution < 1.29 is 4.79 Å². The average molecular weight is 164 g/mol. The van der Waals surface area contributed by atoms with E-state index in [0.717, 1.165) is 6.42 Å². The van der Waals surface area contributed by atoms with Crippen LogP contribution in [0, 0.1) is 17.3 Å². The van der Waals surface area contributed by atoms with E-state index in [0.29, 0.717) is 23.0 Å². The number of allylic oxidation sites excluding steroid dienone is 2. The van der Waals surface area contributed by atoms with Gasteiger partial charge in [0.15, 0.2) is 5.78 Å². The Kier molecular flexibility index (Phi) is 1.48. The highest BCUT2D eigenvalue weighted by molar-refractivity contribution is 5.96. The molecule has 0 spiro atoms. The summed E-state index contributed by atoms with van der Waals surface area (Å²) >= 11 is 0. The second-order valence-corrected chi connectivity index (χ2v) is 5.08. The van der Waals surface area contributed by atoms with Gasteiger partial charge in [-0.15, -0.1) is 0 Å². The summed E-state index contributed by atoms with van der Waals surface area (Å²) in [6.45, 7) is 6.64. The van der Waals surface area contributed by atoms with E-state index < -0.39 is 0 Å². The Morgan fingerprint density at radius 3 is 2.50 bits per heavy atom. The predicted octanol–water partition coefficient (Wildman–Crippen LogP) is 2.57. The minimum atomic E-state index is 0.333. The maximum atomic E-state index is 11.5. The van der Waals surface area contributed by atoms with Crippen LogP contribution in [0.15, 0.2) is 11.6 Å². The maximum absolute atomic E-state index is 11.5. The monoisotopic (exact) mass is 164 g/mol. The normalized spacial score (nSPS) is 38.2. The number of fused-ring (bicyclic) bond motifs is 1. The van der Waals surface area contributed by atoms with Crippen molar-refractivity contribution in [2.75, 3.05) is 0 Å². The molecule has 0 aliphatic heterocycles. The van der Waals surface area contributed by atoms with Crippen LogP contribution in [0.4, 0.5) is 0 Å². The molecule has 0 aromatic rings. The molecule has 1 heteroatoms.